The zero-order chi connectivity index (χ0) is 18.2. The molecule has 3 rings (SSSR count). The van der Waals surface area contributed by atoms with E-state index in [0.717, 1.165) is 5.56 Å². The lowest BCUT2D eigenvalue weighted by Gasteiger charge is -2.09. The van der Waals surface area contributed by atoms with Crippen molar-refractivity contribution in [2.75, 3.05) is 10.6 Å². The van der Waals surface area contributed by atoms with Gasteiger partial charge in [0.1, 0.15) is 0 Å². The van der Waals surface area contributed by atoms with Gasteiger partial charge in [0.25, 0.3) is 5.91 Å². The minimum atomic E-state index is -0.363. The normalized spacial score (nSPS) is 10.0. The molecule has 0 fully saturated rings. The quantitative estimate of drug-likeness (QED) is 0.646. The summed E-state index contributed by atoms with van der Waals surface area (Å²) in [4.78, 5) is 24.4. The number of carbonyl (C=O) groups is 2. The van der Waals surface area contributed by atoms with Gasteiger partial charge < -0.3 is 16.0 Å². The van der Waals surface area contributed by atoms with Gasteiger partial charge in [0, 0.05) is 23.5 Å². The van der Waals surface area contributed by atoms with E-state index < -0.39 is 0 Å². The molecule has 0 unspecified atom stereocenters. The van der Waals surface area contributed by atoms with E-state index in [9.17, 15) is 9.59 Å². The molecule has 5 heteroatoms. The fourth-order valence-corrected chi connectivity index (χ4v) is 2.43. The molecule has 0 aliphatic rings. The summed E-state index contributed by atoms with van der Waals surface area (Å²) in [5.74, 6) is -0.194. The van der Waals surface area contributed by atoms with Crippen molar-refractivity contribution in [3.8, 4) is 0 Å². The third-order valence-corrected chi connectivity index (χ3v) is 3.71. The van der Waals surface area contributed by atoms with Crippen LogP contribution in [0, 0.1) is 0 Å². The van der Waals surface area contributed by atoms with Gasteiger partial charge in [-0.25, -0.2) is 4.79 Å². The van der Waals surface area contributed by atoms with E-state index in [1.807, 2.05) is 48.5 Å². The number of urea groups is 1. The van der Waals surface area contributed by atoms with E-state index in [1.165, 1.54) is 0 Å². The number of nitrogens with one attached hydrogen (secondary N) is 3. The molecule has 3 N–H and O–H groups in total. The molecule has 0 heterocycles. The van der Waals surface area contributed by atoms with E-state index in [2.05, 4.69) is 16.0 Å². The molecule has 0 saturated heterocycles. The van der Waals surface area contributed by atoms with E-state index in [0.29, 0.717) is 23.5 Å². The Balaban J connectivity index is 1.58. The van der Waals surface area contributed by atoms with Crippen molar-refractivity contribution in [2.24, 2.45) is 0 Å². The molecule has 26 heavy (non-hydrogen) atoms. The van der Waals surface area contributed by atoms with Gasteiger partial charge in [-0.3, -0.25) is 4.79 Å². The Kier molecular flexibility index (Phi) is 5.62. The van der Waals surface area contributed by atoms with Gasteiger partial charge in [-0.2, -0.15) is 0 Å². The lowest BCUT2D eigenvalue weighted by Crippen LogP contribution is -2.23. The van der Waals surface area contributed by atoms with Crippen LogP contribution >= 0.6 is 0 Å². The Morgan fingerprint density at radius 3 is 2.04 bits per heavy atom. The summed E-state index contributed by atoms with van der Waals surface area (Å²) in [6.45, 7) is 0.450. The molecule has 0 aliphatic heterocycles. The van der Waals surface area contributed by atoms with Gasteiger partial charge in [0.05, 0.1) is 0 Å². The van der Waals surface area contributed by atoms with E-state index >= 15 is 0 Å². The molecule has 130 valence electrons. The van der Waals surface area contributed by atoms with Gasteiger partial charge >= 0.3 is 6.03 Å². The molecular formula is C21H19N3O2. The maximum Gasteiger partial charge on any atom is 0.323 e. The molecule has 0 aromatic heterocycles. The molecule has 3 aromatic carbocycles. The highest BCUT2D eigenvalue weighted by Crippen LogP contribution is 2.12. The van der Waals surface area contributed by atoms with Crippen molar-refractivity contribution < 1.29 is 9.59 Å². The minimum Gasteiger partial charge on any atom is -0.348 e. The van der Waals surface area contributed by atoms with Crippen molar-refractivity contribution in [3.05, 3.63) is 96.1 Å². The number of rotatable bonds is 5. The van der Waals surface area contributed by atoms with Crippen LogP contribution in [-0.4, -0.2) is 11.9 Å². The first-order valence-corrected chi connectivity index (χ1v) is 8.26. The molecule has 0 atom stereocenters. The van der Waals surface area contributed by atoms with Crippen molar-refractivity contribution in [3.63, 3.8) is 0 Å². The minimum absolute atomic E-state index is 0.194. The van der Waals surface area contributed by atoms with Crippen LogP contribution in [0.2, 0.25) is 0 Å². The second-order valence-corrected chi connectivity index (χ2v) is 5.69. The molecular weight excluding hydrogens is 326 g/mol. The summed E-state index contributed by atoms with van der Waals surface area (Å²) in [5.41, 5.74) is 2.75. The molecule has 0 aliphatic carbocycles. The second kappa shape index (κ2) is 8.48. The van der Waals surface area contributed by atoms with Crippen LogP contribution in [0.4, 0.5) is 16.2 Å². The van der Waals surface area contributed by atoms with Crippen molar-refractivity contribution in [1.82, 2.24) is 5.32 Å². The lowest BCUT2D eigenvalue weighted by molar-refractivity contribution is 0.0951. The summed E-state index contributed by atoms with van der Waals surface area (Å²) in [5, 5.41) is 8.33. The fourth-order valence-electron chi connectivity index (χ4n) is 2.43. The number of anilines is 2. The Hall–Kier alpha value is -3.60. The standard InChI is InChI=1S/C21H19N3O2/c25-20(22-15-16-8-3-1-4-9-16)17-10-7-13-19(14-17)24-21(26)23-18-11-5-2-6-12-18/h1-14H,15H2,(H,22,25)(H2,23,24,26). The molecule has 0 saturated carbocycles. The highest BCUT2D eigenvalue weighted by atomic mass is 16.2. The van der Waals surface area contributed by atoms with Gasteiger partial charge in [0.15, 0.2) is 0 Å². The Labute approximate surface area is 152 Å². The van der Waals surface area contributed by atoms with Crippen molar-refractivity contribution in [1.29, 1.82) is 0 Å². The molecule has 0 bridgehead atoms. The SMILES string of the molecule is O=C(Nc1ccccc1)Nc1cccc(C(=O)NCc2ccccc2)c1. The second-order valence-electron chi connectivity index (χ2n) is 5.69. The third-order valence-electron chi connectivity index (χ3n) is 3.71. The number of benzene rings is 3. The van der Waals surface area contributed by atoms with Crippen LogP contribution in [0.1, 0.15) is 15.9 Å². The van der Waals surface area contributed by atoms with Crippen LogP contribution in [0.15, 0.2) is 84.9 Å². The zero-order valence-corrected chi connectivity index (χ0v) is 14.1. The Morgan fingerprint density at radius 2 is 1.31 bits per heavy atom. The topological polar surface area (TPSA) is 70.2 Å². The van der Waals surface area contributed by atoms with Gasteiger partial charge in [-0.1, -0.05) is 54.6 Å². The summed E-state index contributed by atoms with van der Waals surface area (Å²) in [6, 6.07) is 25.3. The maximum absolute atomic E-state index is 12.3. The van der Waals surface area contributed by atoms with Crippen LogP contribution in [-0.2, 0) is 6.54 Å². The van der Waals surface area contributed by atoms with Gasteiger partial charge in [-0.15, -0.1) is 0 Å². The average molecular weight is 345 g/mol. The van der Waals surface area contributed by atoms with E-state index in [4.69, 9.17) is 0 Å². The highest BCUT2D eigenvalue weighted by molar-refractivity contribution is 6.01. The summed E-state index contributed by atoms with van der Waals surface area (Å²) >= 11 is 0. The predicted octanol–water partition coefficient (Wildman–Crippen LogP) is 4.26. The number of amides is 3. The summed E-state index contributed by atoms with van der Waals surface area (Å²) < 4.78 is 0. The van der Waals surface area contributed by atoms with Crippen LogP contribution in [0.25, 0.3) is 0 Å². The monoisotopic (exact) mass is 345 g/mol. The number of carbonyl (C=O) groups excluding carboxylic acids is 2. The first-order valence-electron chi connectivity index (χ1n) is 8.26. The molecule has 0 spiro atoms. The van der Waals surface area contributed by atoms with Crippen molar-refractivity contribution in [2.45, 2.75) is 6.54 Å². The molecule has 3 aromatic rings. The smallest absolute Gasteiger partial charge is 0.323 e. The summed E-state index contributed by atoms with van der Waals surface area (Å²) in [6.07, 6.45) is 0. The van der Waals surface area contributed by atoms with Gasteiger partial charge in [-0.05, 0) is 35.9 Å². The summed E-state index contributed by atoms with van der Waals surface area (Å²) in [7, 11) is 0. The first kappa shape index (κ1) is 17.2. The Bertz CT molecular complexity index is 880. The third kappa shape index (κ3) is 4.95. The zero-order valence-electron chi connectivity index (χ0n) is 14.1. The molecule has 3 amide bonds. The average Bonchev–Trinajstić information content (AvgIpc) is 2.68. The lowest BCUT2D eigenvalue weighted by atomic mass is 10.1. The number of hydrogen-bond donors (Lipinski definition) is 3. The number of hydrogen-bond acceptors (Lipinski definition) is 2. The van der Waals surface area contributed by atoms with E-state index in [1.54, 1.807) is 36.4 Å². The predicted molar refractivity (Wildman–Crippen MR) is 103 cm³/mol. The first-order chi connectivity index (χ1) is 12.7. The maximum atomic E-state index is 12.3. The van der Waals surface area contributed by atoms with Crippen LogP contribution < -0.4 is 16.0 Å². The van der Waals surface area contributed by atoms with Crippen LogP contribution in [0.3, 0.4) is 0 Å². The largest absolute Gasteiger partial charge is 0.348 e. The highest BCUT2D eigenvalue weighted by Gasteiger charge is 2.08. The van der Waals surface area contributed by atoms with E-state index in [-0.39, 0.29) is 11.9 Å². The Morgan fingerprint density at radius 1 is 0.692 bits per heavy atom. The molecule has 0 radical (unpaired) electrons. The molecule has 5 nitrogen and oxygen atoms in total. The number of para-hydroxylation sites is 1. The van der Waals surface area contributed by atoms with Gasteiger partial charge in [0.2, 0.25) is 0 Å². The fraction of sp³-hybridized carbons (Fsp3) is 0.0476. The van der Waals surface area contributed by atoms with Crippen molar-refractivity contribution >= 4 is 23.3 Å². The van der Waals surface area contributed by atoms with Crippen LogP contribution in [0.5, 0.6) is 0 Å².